The van der Waals surface area contributed by atoms with Crippen LogP contribution in [0, 0.1) is 0 Å². The molecule has 0 atom stereocenters. The van der Waals surface area contributed by atoms with Gasteiger partial charge in [-0.15, -0.1) is 0 Å². The van der Waals surface area contributed by atoms with Gasteiger partial charge in [0.25, 0.3) is 0 Å². The van der Waals surface area contributed by atoms with Crippen molar-refractivity contribution in [3.63, 3.8) is 0 Å². The summed E-state index contributed by atoms with van der Waals surface area (Å²) in [6.07, 6.45) is 1.74. The monoisotopic (exact) mass is 303 g/mol. The van der Waals surface area contributed by atoms with E-state index in [-0.39, 0.29) is 6.61 Å². The van der Waals surface area contributed by atoms with Gasteiger partial charge in [-0.25, -0.2) is 9.97 Å². The van der Waals surface area contributed by atoms with Crippen molar-refractivity contribution in [2.45, 2.75) is 6.61 Å². The molecule has 0 saturated carbocycles. The lowest BCUT2D eigenvalue weighted by atomic mass is 10.3. The zero-order valence-electron chi connectivity index (χ0n) is 11.7. The van der Waals surface area contributed by atoms with E-state index >= 15 is 0 Å². The Morgan fingerprint density at radius 2 is 2.10 bits per heavy atom. The van der Waals surface area contributed by atoms with E-state index in [9.17, 15) is 0 Å². The number of nitrogens with one attached hydrogen (secondary N) is 1. The third kappa shape index (κ3) is 2.62. The van der Waals surface area contributed by atoms with Crippen molar-refractivity contribution >= 4 is 28.5 Å². The van der Waals surface area contributed by atoms with Crippen LogP contribution in [0.15, 0.2) is 30.5 Å². The van der Waals surface area contributed by atoms with Crippen LogP contribution in [0.1, 0.15) is 5.82 Å². The summed E-state index contributed by atoms with van der Waals surface area (Å²) < 4.78 is 7.38. The van der Waals surface area contributed by atoms with Gasteiger partial charge in [0.2, 0.25) is 0 Å². The highest BCUT2D eigenvalue weighted by Crippen LogP contribution is 2.24. The summed E-state index contributed by atoms with van der Waals surface area (Å²) in [7, 11) is 3.65. The zero-order chi connectivity index (χ0) is 14.8. The molecule has 0 radical (unpaired) electrons. The van der Waals surface area contributed by atoms with Crippen molar-refractivity contribution in [3.05, 3.63) is 41.3 Å². The van der Waals surface area contributed by atoms with Gasteiger partial charge in [-0.2, -0.15) is 5.10 Å². The molecule has 0 aliphatic heterocycles. The van der Waals surface area contributed by atoms with Crippen LogP contribution in [0.2, 0.25) is 5.02 Å². The van der Waals surface area contributed by atoms with E-state index in [0.717, 1.165) is 16.9 Å². The van der Waals surface area contributed by atoms with Gasteiger partial charge in [-0.05, 0) is 12.1 Å². The van der Waals surface area contributed by atoms with Gasteiger partial charge in [-0.3, -0.25) is 4.68 Å². The summed E-state index contributed by atoms with van der Waals surface area (Å²) in [4.78, 5) is 8.90. The number of rotatable bonds is 4. The Balaban J connectivity index is 1.90. The first-order valence-corrected chi connectivity index (χ1v) is 6.80. The SMILES string of the molecule is CNc1nc(COc2ccccc2Cl)nc2c1cnn2C. The number of aryl methyl sites for hydroxylation is 1. The minimum atomic E-state index is 0.236. The predicted molar refractivity (Wildman–Crippen MR) is 81.6 cm³/mol. The van der Waals surface area contributed by atoms with Crippen LogP contribution in [0.4, 0.5) is 5.82 Å². The average molecular weight is 304 g/mol. The summed E-state index contributed by atoms with van der Waals surface area (Å²) in [5, 5.41) is 8.68. The molecule has 21 heavy (non-hydrogen) atoms. The van der Waals surface area contributed by atoms with Crippen molar-refractivity contribution in [2.24, 2.45) is 7.05 Å². The lowest BCUT2D eigenvalue weighted by molar-refractivity contribution is 0.296. The maximum absolute atomic E-state index is 6.06. The molecule has 108 valence electrons. The molecule has 1 aromatic carbocycles. The highest BCUT2D eigenvalue weighted by molar-refractivity contribution is 6.32. The third-order valence-electron chi connectivity index (χ3n) is 3.07. The second-order valence-corrected chi connectivity index (χ2v) is 4.87. The summed E-state index contributed by atoms with van der Waals surface area (Å²) in [5.74, 6) is 1.90. The number of aromatic nitrogens is 4. The number of hydrogen-bond acceptors (Lipinski definition) is 5. The molecular formula is C14H14ClN5O. The highest BCUT2D eigenvalue weighted by atomic mass is 35.5. The van der Waals surface area contributed by atoms with E-state index in [1.165, 1.54) is 0 Å². The first-order valence-electron chi connectivity index (χ1n) is 6.42. The molecule has 0 saturated heterocycles. The van der Waals surface area contributed by atoms with Crippen LogP contribution in [0.5, 0.6) is 5.75 Å². The summed E-state index contributed by atoms with van der Waals surface area (Å²) in [6.45, 7) is 0.236. The van der Waals surface area contributed by atoms with E-state index in [1.54, 1.807) is 16.9 Å². The largest absolute Gasteiger partial charge is 0.484 e. The third-order valence-corrected chi connectivity index (χ3v) is 3.38. The van der Waals surface area contributed by atoms with Crippen LogP contribution in [-0.2, 0) is 13.7 Å². The van der Waals surface area contributed by atoms with E-state index in [2.05, 4.69) is 20.4 Å². The Hall–Kier alpha value is -2.34. The number of benzene rings is 1. The molecule has 3 aromatic rings. The zero-order valence-corrected chi connectivity index (χ0v) is 12.4. The van der Waals surface area contributed by atoms with Crippen LogP contribution >= 0.6 is 11.6 Å². The van der Waals surface area contributed by atoms with E-state index in [0.29, 0.717) is 16.6 Å². The standard InChI is InChI=1S/C14H14ClN5O/c1-16-13-9-7-17-20(2)14(9)19-12(18-13)8-21-11-6-4-3-5-10(11)15/h3-7H,8H2,1-2H3,(H,16,18,19). The Labute approximate surface area is 126 Å². The predicted octanol–water partition coefficient (Wildman–Crippen LogP) is 2.64. The fourth-order valence-electron chi connectivity index (χ4n) is 2.03. The fraction of sp³-hybridized carbons (Fsp3) is 0.214. The molecule has 1 N–H and O–H groups in total. The highest BCUT2D eigenvalue weighted by Gasteiger charge is 2.11. The molecule has 0 spiro atoms. The molecular weight excluding hydrogens is 290 g/mol. The van der Waals surface area contributed by atoms with Crippen LogP contribution in [0.3, 0.4) is 0 Å². The van der Waals surface area contributed by atoms with Gasteiger partial charge in [-0.1, -0.05) is 23.7 Å². The van der Waals surface area contributed by atoms with Crippen molar-refractivity contribution in [1.29, 1.82) is 0 Å². The summed E-state index contributed by atoms with van der Waals surface area (Å²) >= 11 is 6.06. The number of anilines is 1. The van der Waals surface area contributed by atoms with Gasteiger partial charge >= 0.3 is 0 Å². The first kappa shape index (κ1) is 13.6. The van der Waals surface area contributed by atoms with Crippen molar-refractivity contribution < 1.29 is 4.74 Å². The van der Waals surface area contributed by atoms with Crippen molar-refractivity contribution in [2.75, 3.05) is 12.4 Å². The van der Waals surface area contributed by atoms with Gasteiger partial charge in [0.15, 0.2) is 11.5 Å². The minimum absolute atomic E-state index is 0.236. The lowest BCUT2D eigenvalue weighted by Gasteiger charge is -2.08. The van der Waals surface area contributed by atoms with E-state index < -0.39 is 0 Å². The first-order chi connectivity index (χ1) is 10.2. The van der Waals surface area contributed by atoms with Gasteiger partial charge in [0.1, 0.15) is 18.2 Å². The van der Waals surface area contributed by atoms with Crippen LogP contribution < -0.4 is 10.1 Å². The number of fused-ring (bicyclic) bond motifs is 1. The summed E-state index contributed by atoms with van der Waals surface area (Å²) in [6, 6.07) is 7.31. The van der Waals surface area contributed by atoms with Crippen molar-refractivity contribution in [3.8, 4) is 5.75 Å². The molecule has 0 unspecified atom stereocenters. The minimum Gasteiger partial charge on any atom is -0.484 e. The maximum atomic E-state index is 6.06. The molecule has 0 aliphatic carbocycles. The lowest BCUT2D eigenvalue weighted by Crippen LogP contribution is -2.06. The number of nitrogens with zero attached hydrogens (tertiary/aromatic N) is 4. The van der Waals surface area contributed by atoms with Crippen LogP contribution in [-0.4, -0.2) is 26.8 Å². The van der Waals surface area contributed by atoms with Gasteiger partial charge < -0.3 is 10.1 Å². The molecule has 3 rings (SSSR count). The van der Waals surface area contributed by atoms with E-state index in [4.69, 9.17) is 16.3 Å². The fourth-order valence-corrected chi connectivity index (χ4v) is 2.22. The maximum Gasteiger partial charge on any atom is 0.170 e. The second kappa shape index (κ2) is 5.57. The molecule has 7 heteroatoms. The molecule has 0 fully saturated rings. The topological polar surface area (TPSA) is 64.9 Å². The number of para-hydroxylation sites is 1. The Kier molecular flexibility index (Phi) is 3.62. The second-order valence-electron chi connectivity index (χ2n) is 4.46. The summed E-state index contributed by atoms with van der Waals surface area (Å²) in [5.41, 5.74) is 0.757. The number of hydrogen-bond donors (Lipinski definition) is 1. The molecule has 0 bridgehead atoms. The Morgan fingerprint density at radius 1 is 1.29 bits per heavy atom. The Bertz CT molecular complexity index is 786. The van der Waals surface area contributed by atoms with Gasteiger partial charge in [0.05, 0.1) is 16.6 Å². The molecule has 6 nitrogen and oxygen atoms in total. The quantitative estimate of drug-likeness (QED) is 0.802. The van der Waals surface area contributed by atoms with Crippen LogP contribution in [0.25, 0.3) is 11.0 Å². The molecule has 2 heterocycles. The van der Waals surface area contributed by atoms with Gasteiger partial charge in [0, 0.05) is 14.1 Å². The molecule has 0 aliphatic rings. The molecule has 2 aromatic heterocycles. The Morgan fingerprint density at radius 3 is 2.86 bits per heavy atom. The normalized spacial score (nSPS) is 10.8. The molecule has 0 amide bonds. The smallest absolute Gasteiger partial charge is 0.170 e. The van der Waals surface area contributed by atoms with E-state index in [1.807, 2.05) is 32.3 Å². The number of ether oxygens (including phenoxy) is 1. The number of halogens is 1. The average Bonchev–Trinajstić information content (AvgIpc) is 2.87. The van der Waals surface area contributed by atoms with Crippen molar-refractivity contribution in [1.82, 2.24) is 19.7 Å².